The standard InChI is InChI=1S/C14H17ClN2O3/c1-14(2,3)20-13(18)17-6-7-19-11-5-4-10(9-16)12(15)8-11/h4-5,8H,6-7H2,1-3H3,(H,17,18). The molecule has 1 N–H and O–H groups in total. The van der Waals surface area contributed by atoms with E-state index in [1.807, 2.05) is 6.07 Å². The van der Waals surface area contributed by atoms with Crippen LogP contribution in [0.15, 0.2) is 18.2 Å². The molecule has 0 radical (unpaired) electrons. The molecule has 6 heteroatoms. The average Bonchev–Trinajstić information content (AvgIpc) is 2.33. The molecule has 0 aromatic heterocycles. The first-order valence-electron chi connectivity index (χ1n) is 6.11. The Morgan fingerprint density at radius 1 is 1.45 bits per heavy atom. The van der Waals surface area contributed by atoms with Crippen molar-refractivity contribution in [2.45, 2.75) is 26.4 Å². The molecule has 0 saturated carbocycles. The Kier molecular flexibility index (Phi) is 5.66. The Morgan fingerprint density at radius 2 is 2.15 bits per heavy atom. The van der Waals surface area contributed by atoms with E-state index in [2.05, 4.69) is 5.32 Å². The summed E-state index contributed by atoms with van der Waals surface area (Å²) in [7, 11) is 0. The van der Waals surface area contributed by atoms with Crippen LogP contribution in [0.5, 0.6) is 5.75 Å². The Bertz CT molecular complexity index is 518. The molecule has 1 aromatic rings. The van der Waals surface area contributed by atoms with Crippen LogP contribution < -0.4 is 10.1 Å². The number of hydrogen-bond donors (Lipinski definition) is 1. The number of hydrogen-bond acceptors (Lipinski definition) is 4. The summed E-state index contributed by atoms with van der Waals surface area (Å²) in [5, 5.41) is 11.7. The number of amides is 1. The maximum Gasteiger partial charge on any atom is 0.407 e. The lowest BCUT2D eigenvalue weighted by Crippen LogP contribution is -2.34. The molecule has 0 aliphatic heterocycles. The van der Waals surface area contributed by atoms with Crippen LogP contribution in [0.1, 0.15) is 26.3 Å². The molecule has 0 bridgehead atoms. The van der Waals surface area contributed by atoms with Gasteiger partial charge in [0.2, 0.25) is 0 Å². The van der Waals surface area contributed by atoms with Gasteiger partial charge in [0.05, 0.1) is 17.1 Å². The summed E-state index contributed by atoms with van der Waals surface area (Å²) >= 11 is 5.87. The van der Waals surface area contributed by atoms with Crippen LogP contribution in [0.25, 0.3) is 0 Å². The second-order valence-electron chi connectivity index (χ2n) is 5.03. The highest BCUT2D eigenvalue weighted by molar-refractivity contribution is 6.31. The molecule has 20 heavy (non-hydrogen) atoms. The number of nitrogens with zero attached hydrogens (tertiary/aromatic N) is 1. The van der Waals surface area contributed by atoms with Gasteiger partial charge in [-0.05, 0) is 32.9 Å². The molecule has 0 aliphatic rings. The van der Waals surface area contributed by atoms with Gasteiger partial charge in [-0.1, -0.05) is 11.6 Å². The predicted molar refractivity (Wildman–Crippen MR) is 75.9 cm³/mol. The Hall–Kier alpha value is -1.93. The zero-order valence-corrected chi connectivity index (χ0v) is 12.5. The number of nitrogens with one attached hydrogen (secondary N) is 1. The van der Waals surface area contributed by atoms with Crippen molar-refractivity contribution in [2.75, 3.05) is 13.2 Å². The van der Waals surface area contributed by atoms with Crippen molar-refractivity contribution in [3.8, 4) is 11.8 Å². The van der Waals surface area contributed by atoms with E-state index in [-0.39, 0.29) is 6.61 Å². The molecule has 0 heterocycles. The lowest BCUT2D eigenvalue weighted by Gasteiger charge is -2.19. The third-order valence-corrected chi connectivity index (χ3v) is 2.41. The zero-order valence-electron chi connectivity index (χ0n) is 11.7. The molecule has 0 unspecified atom stereocenters. The number of carbonyl (C=O) groups is 1. The minimum absolute atomic E-state index is 0.279. The number of rotatable bonds is 4. The molecule has 108 valence electrons. The second kappa shape index (κ2) is 7.01. The van der Waals surface area contributed by atoms with Crippen molar-refractivity contribution in [2.24, 2.45) is 0 Å². The van der Waals surface area contributed by atoms with Crippen LogP contribution in [0.2, 0.25) is 5.02 Å². The topological polar surface area (TPSA) is 71.3 Å². The average molecular weight is 297 g/mol. The summed E-state index contributed by atoms with van der Waals surface area (Å²) in [5.74, 6) is 0.542. The summed E-state index contributed by atoms with van der Waals surface area (Å²) in [5.41, 5.74) is -0.128. The number of nitriles is 1. The third-order valence-electron chi connectivity index (χ3n) is 2.10. The number of alkyl carbamates (subject to hydrolysis) is 1. The van der Waals surface area contributed by atoms with Gasteiger partial charge in [0.15, 0.2) is 0 Å². The number of carbonyl (C=O) groups excluding carboxylic acids is 1. The van der Waals surface area contributed by atoms with Crippen LogP contribution in [-0.4, -0.2) is 24.8 Å². The van der Waals surface area contributed by atoms with Crippen molar-refractivity contribution in [1.82, 2.24) is 5.32 Å². The first-order chi connectivity index (χ1) is 9.31. The maximum absolute atomic E-state index is 11.4. The number of benzene rings is 1. The van der Waals surface area contributed by atoms with Gasteiger partial charge < -0.3 is 14.8 Å². The fourth-order valence-corrected chi connectivity index (χ4v) is 1.53. The molecular formula is C14H17ClN2O3. The van der Waals surface area contributed by atoms with Crippen molar-refractivity contribution in [1.29, 1.82) is 5.26 Å². The van der Waals surface area contributed by atoms with Gasteiger partial charge in [0, 0.05) is 6.07 Å². The van der Waals surface area contributed by atoms with Crippen LogP contribution >= 0.6 is 11.6 Å². The highest BCUT2D eigenvalue weighted by Crippen LogP contribution is 2.21. The summed E-state index contributed by atoms with van der Waals surface area (Å²) in [6.07, 6.45) is -0.487. The molecule has 1 rings (SSSR count). The Morgan fingerprint density at radius 3 is 2.70 bits per heavy atom. The number of ether oxygens (including phenoxy) is 2. The monoisotopic (exact) mass is 296 g/mol. The minimum Gasteiger partial charge on any atom is -0.492 e. The molecule has 0 spiro atoms. The van der Waals surface area contributed by atoms with Crippen molar-refractivity contribution in [3.05, 3.63) is 28.8 Å². The normalized spacial score (nSPS) is 10.6. The van der Waals surface area contributed by atoms with Gasteiger partial charge in [-0.3, -0.25) is 0 Å². The van der Waals surface area contributed by atoms with E-state index in [4.69, 9.17) is 26.3 Å². The molecule has 1 aromatic carbocycles. The van der Waals surface area contributed by atoms with Gasteiger partial charge in [-0.2, -0.15) is 5.26 Å². The summed E-state index contributed by atoms with van der Waals surface area (Å²) in [6, 6.07) is 6.76. The van der Waals surface area contributed by atoms with Gasteiger partial charge in [0.25, 0.3) is 0 Å². The third kappa shape index (κ3) is 5.81. The first-order valence-corrected chi connectivity index (χ1v) is 6.49. The Balaban J connectivity index is 2.33. The molecule has 5 nitrogen and oxygen atoms in total. The highest BCUT2D eigenvalue weighted by Gasteiger charge is 2.15. The van der Waals surface area contributed by atoms with Crippen LogP contribution in [-0.2, 0) is 4.74 Å². The molecule has 0 saturated heterocycles. The van der Waals surface area contributed by atoms with E-state index in [0.29, 0.717) is 22.9 Å². The maximum atomic E-state index is 11.4. The quantitative estimate of drug-likeness (QED) is 0.867. The summed E-state index contributed by atoms with van der Waals surface area (Å²) < 4.78 is 10.5. The van der Waals surface area contributed by atoms with Crippen molar-refractivity contribution in [3.63, 3.8) is 0 Å². The lowest BCUT2D eigenvalue weighted by molar-refractivity contribution is 0.0520. The van der Waals surface area contributed by atoms with Crippen molar-refractivity contribution < 1.29 is 14.3 Å². The van der Waals surface area contributed by atoms with Crippen LogP contribution in [0.3, 0.4) is 0 Å². The minimum atomic E-state index is -0.522. The van der Waals surface area contributed by atoms with Gasteiger partial charge >= 0.3 is 6.09 Å². The second-order valence-corrected chi connectivity index (χ2v) is 5.44. The smallest absolute Gasteiger partial charge is 0.407 e. The lowest BCUT2D eigenvalue weighted by atomic mass is 10.2. The van der Waals surface area contributed by atoms with E-state index in [9.17, 15) is 4.79 Å². The van der Waals surface area contributed by atoms with Gasteiger partial charge in [-0.15, -0.1) is 0 Å². The zero-order chi connectivity index (χ0) is 15.2. The van der Waals surface area contributed by atoms with Crippen LogP contribution in [0.4, 0.5) is 4.79 Å². The van der Waals surface area contributed by atoms with E-state index in [1.54, 1.807) is 39.0 Å². The molecule has 0 atom stereocenters. The fraction of sp³-hybridized carbons (Fsp3) is 0.429. The predicted octanol–water partition coefficient (Wildman–Crippen LogP) is 3.12. The van der Waals surface area contributed by atoms with E-state index < -0.39 is 11.7 Å². The van der Waals surface area contributed by atoms with Gasteiger partial charge in [0.1, 0.15) is 24.0 Å². The SMILES string of the molecule is CC(C)(C)OC(=O)NCCOc1ccc(C#N)c(Cl)c1. The van der Waals surface area contributed by atoms with Gasteiger partial charge in [-0.25, -0.2) is 4.79 Å². The Labute approximate surface area is 123 Å². The summed E-state index contributed by atoms with van der Waals surface area (Å²) in [4.78, 5) is 11.4. The van der Waals surface area contributed by atoms with Crippen molar-refractivity contribution >= 4 is 17.7 Å². The number of halogens is 1. The van der Waals surface area contributed by atoms with E-state index in [0.717, 1.165) is 0 Å². The molecule has 0 fully saturated rings. The van der Waals surface area contributed by atoms with E-state index >= 15 is 0 Å². The fourth-order valence-electron chi connectivity index (χ4n) is 1.31. The van der Waals surface area contributed by atoms with E-state index in [1.165, 1.54) is 0 Å². The molecular weight excluding hydrogens is 280 g/mol. The molecule has 1 amide bonds. The van der Waals surface area contributed by atoms with Crippen LogP contribution in [0, 0.1) is 11.3 Å². The highest BCUT2D eigenvalue weighted by atomic mass is 35.5. The largest absolute Gasteiger partial charge is 0.492 e. The molecule has 0 aliphatic carbocycles. The first kappa shape index (κ1) is 16.1. The summed E-state index contributed by atoms with van der Waals surface area (Å²) in [6.45, 7) is 5.97.